The smallest absolute Gasteiger partial charge is 0.268 e. The van der Waals surface area contributed by atoms with Gasteiger partial charge in [0.15, 0.2) is 0 Å². The molecule has 1 N–H and O–H groups in total. The van der Waals surface area contributed by atoms with Crippen molar-refractivity contribution in [3.8, 4) is 6.07 Å². The van der Waals surface area contributed by atoms with E-state index in [-0.39, 0.29) is 0 Å². The molecule has 3 rings (SSSR count). The number of nitriles is 1. The normalized spacial score (nSPS) is 17.4. The summed E-state index contributed by atoms with van der Waals surface area (Å²) in [4.78, 5) is 29.6. The third-order valence-corrected chi connectivity index (χ3v) is 4.28. The molecular weight excluding hydrogens is 366 g/mol. The van der Waals surface area contributed by atoms with E-state index in [1.165, 1.54) is 12.3 Å². The van der Waals surface area contributed by atoms with Crippen LogP contribution in [0.1, 0.15) is 36.2 Å². The van der Waals surface area contributed by atoms with E-state index < -0.39 is 43.3 Å². The summed E-state index contributed by atoms with van der Waals surface area (Å²) in [5.74, 6) is -4.30. The van der Waals surface area contributed by atoms with Gasteiger partial charge in [0.1, 0.15) is 6.04 Å². The first-order valence-electron chi connectivity index (χ1n) is 9.01. The lowest BCUT2D eigenvalue weighted by molar-refractivity contribution is -0.131. The summed E-state index contributed by atoms with van der Waals surface area (Å²) in [5, 5.41) is 12.0. The second kappa shape index (κ2) is 8.74. The van der Waals surface area contributed by atoms with Crippen LogP contribution < -0.4 is 5.32 Å². The minimum absolute atomic E-state index is 0.343. The molecule has 1 unspecified atom stereocenters. The van der Waals surface area contributed by atoms with Crippen LogP contribution in [-0.2, 0) is 4.79 Å². The Hall–Kier alpha value is -3.08. The van der Waals surface area contributed by atoms with Crippen molar-refractivity contribution in [3.63, 3.8) is 0 Å². The zero-order valence-electron chi connectivity index (χ0n) is 16.0. The second-order valence-corrected chi connectivity index (χ2v) is 6.29. The highest BCUT2D eigenvalue weighted by Crippen LogP contribution is 2.31. The van der Waals surface area contributed by atoms with Crippen molar-refractivity contribution in [3.05, 3.63) is 41.6 Å². The van der Waals surface area contributed by atoms with Crippen molar-refractivity contribution < 1.29 is 18.4 Å². The molecule has 0 radical (unpaired) electrons. The van der Waals surface area contributed by atoms with Crippen LogP contribution in [0.3, 0.4) is 0 Å². The molecule has 28 heavy (non-hydrogen) atoms. The molecule has 0 saturated carbocycles. The van der Waals surface area contributed by atoms with Gasteiger partial charge in [0.2, 0.25) is 5.91 Å². The number of amides is 2. The minimum atomic E-state index is -3.08. The fourth-order valence-corrected chi connectivity index (χ4v) is 3.01. The molecule has 2 amide bonds. The maximum absolute atomic E-state index is 13.4. The van der Waals surface area contributed by atoms with E-state index in [0.717, 1.165) is 10.5 Å². The molecule has 148 valence electrons. The van der Waals surface area contributed by atoms with Gasteiger partial charge in [0.25, 0.3) is 11.8 Å². The van der Waals surface area contributed by atoms with Gasteiger partial charge in [0.05, 0.1) is 30.2 Å². The van der Waals surface area contributed by atoms with Gasteiger partial charge in [-0.2, -0.15) is 5.26 Å². The Morgan fingerprint density at radius 1 is 1.36 bits per heavy atom. The van der Waals surface area contributed by atoms with Crippen LogP contribution in [0.4, 0.5) is 8.78 Å². The standard InChI is InChI=1S/C18H16F2N4O2.C2H6/c1-11-2-3-15-14(6-11)13(4-5-22-15)17(26)23-9-16(25)24-10-18(19,20)7-12(24)8-21;1-2/h2-6,12H,7,9-10H2,1H3,(H,23,26);1-2H3. The van der Waals surface area contributed by atoms with Crippen molar-refractivity contribution in [2.75, 3.05) is 13.1 Å². The summed E-state index contributed by atoms with van der Waals surface area (Å²) in [7, 11) is 0. The van der Waals surface area contributed by atoms with Crippen molar-refractivity contribution in [1.82, 2.24) is 15.2 Å². The Bertz CT molecular complexity index is 924. The number of benzene rings is 1. The summed E-state index contributed by atoms with van der Waals surface area (Å²) in [6, 6.07) is 7.52. The lowest BCUT2D eigenvalue weighted by Crippen LogP contribution is -2.43. The molecule has 1 aromatic carbocycles. The molecule has 1 saturated heterocycles. The molecule has 1 aromatic heterocycles. The first-order valence-corrected chi connectivity index (χ1v) is 9.01. The number of carbonyl (C=O) groups excluding carboxylic acids is 2. The van der Waals surface area contributed by atoms with Gasteiger partial charge >= 0.3 is 0 Å². The van der Waals surface area contributed by atoms with E-state index >= 15 is 0 Å². The van der Waals surface area contributed by atoms with Crippen LogP contribution in [0.5, 0.6) is 0 Å². The van der Waals surface area contributed by atoms with Crippen LogP contribution in [-0.4, -0.2) is 46.8 Å². The summed E-state index contributed by atoms with van der Waals surface area (Å²) in [6.07, 6.45) is 0.804. The van der Waals surface area contributed by atoms with Crippen LogP contribution in [0.15, 0.2) is 30.5 Å². The highest BCUT2D eigenvalue weighted by Gasteiger charge is 2.47. The van der Waals surface area contributed by atoms with Crippen LogP contribution in [0.2, 0.25) is 0 Å². The number of nitrogens with zero attached hydrogens (tertiary/aromatic N) is 3. The Morgan fingerprint density at radius 3 is 2.75 bits per heavy atom. The second-order valence-electron chi connectivity index (χ2n) is 6.29. The number of halogens is 2. The zero-order chi connectivity index (χ0) is 20.9. The molecule has 1 atom stereocenters. The van der Waals surface area contributed by atoms with Gasteiger partial charge in [-0.3, -0.25) is 14.6 Å². The molecule has 0 spiro atoms. The SMILES string of the molecule is CC.Cc1ccc2nccc(C(=O)NCC(=O)N3CC(F)(F)CC3C#N)c2c1. The average molecular weight is 388 g/mol. The van der Waals surface area contributed by atoms with Crippen molar-refractivity contribution in [2.24, 2.45) is 0 Å². The van der Waals surface area contributed by atoms with E-state index in [1.54, 1.807) is 12.1 Å². The minimum Gasteiger partial charge on any atom is -0.343 e. The zero-order valence-corrected chi connectivity index (χ0v) is 16.0. The summed E-state index contributed by atoms with van der Waals surface area (Å²) >= 11 is 0. The number of aryl methyl sites for hydroxylation is 1. The highest BCUT2D eigenvalue weighted by atomic mass is 19.3. The Labute approximate surface area is 162 Å². The van der Waals surface area contributed by atoms with E-state index in [4.69, 9.17) is 5.26 Å². The van der Waals surface area contributed by atoms with Gasteiger partial charge < -0.3 is 10.2 Å². The van der Waals surface area contributed by atoms with E-state index in [1.807, 2.05) is 32.9 Å². The number of nitrogens with one attached hydrogen (secondary N) is 1. The van der Waals surface area contributed by atoms with Crippen LogP contribution >= 0.6 is 0 Å². The number of carbonyl (C=O) groups is 2. The molecule has 0 aliphatic carbocycles. The third-order valence-electron chi connectivity index (χ3n) is 4.28. The monoisotopic (exact) mass is 388 g/mol. The summed E-state index contributed by atoms with van der Waals surface area (Å²) in [6.45, 7) is 4.62. The topological polar surface area (TPSA) is 86.1 Å². The van der Waals surface area contributed by atoms with Crippen LogP contribution in [0, 0.1) is 18.3 Å². The predicted molar refractivity (Wildman–Crippen MR) is 101 cm³/mol. The van der Waals surface area contributed by atoms with E-state index in [2.05, 4.69) is 10.3 Å². The first-order chi connectivity index (χ1) is 13.3. The van der Waals surface area contributed by atoms with E-state index in [0.29, 0.717) is 16.5 Å². The molecule has 2 aromatic rings. The number of likely N-dealkylation sites (tertiary alicyclic amines) is 1. The van der Waals surface area contributed by atoms with Gasteiger partial charge in [-0.1, -0.05) is 25.5 Å². The van der Waals surface area contributed by atoms with Crippen molar-refractivity contribution >= 4 is 22.7 Å². The Morgan fingerprint density at radius 2 is 2.07 bits per heavy atom. The molecule has 8 heteroatoms. The van der Waals surface area contributed by atoms with Crippen molar-refractivity contribution in [2.45, 2.75) is 39.2 Å². The maximum Gasteiger partial charge on any atom is 0.268 e. The summed E-state index contributed by atoms with van der Waals surface area (Å²) in [5.41, 5.74) is 1.93. The quantitative estimate of drug-likeness (QED) is 0.876. The first kappa shape index (κ1) is 21.2. The number of pyridine rings is 1. The number of rotatable bonds is 3. The lowest BCUT2D eigenvalue weighted by atomic mass is 10.1. The van der Waals surface area contributed by atoms with Gasteiger partial charge in [-0.05, 0) is 25.1 Å². The van der Waals surface area contributed by atoms with E-state index in [9.17, 15) is 18.4 Å². The molecule has 6 nitrogen and oxygen atoms in total. The number of fused-ring (bicyclic) bond motifs is 1. The van der Waals surface area contributed by atoms with Gasteiger partial charge in [-0.25, -0.2) is 8.78 Å². The fourth-order valence-electron chi connectivity index (χ4n) is 3.01. The van der Waals surface area contributed by atoms with Gasteiger partial charge in [-0.15, -0.1) is 0 Å². The average Bonchev–Trinajstić information content (AvgIpc) is 3.01. The molecule has 1 aliphatic heterocycles. The maximum atomic E-state index is 13.4. The van der Waals surface area contributed by atoms with Crippen LogP contribution in [0.25, 0.3) is 10.9 Å². The van der Waals surface area contributed by atoms with Crippen molar-refractivity contribution in [1.29, 1.82) is 5.26 Å². The number of aromatic nitrogens is 1. The lowest BCUT2D eigenvalue weighted by Gasteiger charge is -2.19. The third kappa shape index (κ3) is 4.60. The Balaban J connectivity index is 0.00000136. The molecule has 0 bridgehead atoms. The number of hydrogen-bond acceptors (Lipinski definition) is 4. The molecule has 1 aliphatic rings. The molecular formula is C20H22F2N4O2. The fraction of sp³-hybridized carbons (Fsp3) is 0.400. The van der Waals surface area contributed by atoms with Gasteiger partial charge in [0, 0.05) is 18.0 Å². The molecule has 2 heterocycles. The predicted octanol–water partition coefficient (Wildman–Crippen LogP) is 3.06. The number of alkyl halides is 2. The largest absolute Gasteiger partial charge is 0.343 e. The number of hydrogen-bond donors (Lipinski definition) is 1. The highest BCUT2D eigenvalue weighted by molar-refractivity contribution is 6.07. The molecule has 1 fully saturated rings. The summed E-state index contributed by atoms with van der Waals surface area (Å²) < 4.78 is 26.9. The Kier molecular flexibility index (Phi) is 6.62.